The van der Waals surface area contributed by atoms with Gasteiger partial charge >= 0.3 is 5.97 Å². The Morgan fingerprint density at radius 3 is 2.71 bits per heavy atom. The quantitative estimate of drug-likeness (QED) is 0.797. The van der Waals surface area contributed by atoms with Gasteiger partial charge in [-0.1, -0.05) is 20.3 Å². The Morgan fingerprint density at radius 2 is 2.19 bits per heavy atom. The molecule has 1 aromatic rings. The lowest BCUT2D eigenvalue weighted by atomic mass is 9.99. The average molecular weight is 357 g/mol. The minimum absolute atomic E-state index is 0.0224. The van der Waals surface area contributed by atoms with Crippen LogP contribution < -0.4 is 5.32 Å². The van der Waals surface area contributed by atoms with Crippen LogP contribution in [-0.4, -0.2) is 29.6 Å². The fourth-order valence-electron chi connectivity index (χ4n) is 2.29. The zero-order valence-electron chi connectivity index (χ0n) is 12.6. The first-order chi connectivity index (χ1) is 9.97. The number of carbonyl (C=O) groups is 2. The molecule has 0 saturated heterocycles. The highest BCUT2D eigenvalue weighted by Gasteiger charge is 2.31. The third-order valence-corrected chi connectivity index (χ3v) is 4.38. The second-order valence-electron chi connectivity index (χ2n) is 5.54. The molecule has 0 spiro atoms. The number of ether oxygens (including phenoxy) is 1. The lowest BCUT2D eigenvalue weighted by Gasteiger charge is -2.22. The van der Waals surface area contributed by atoms with Crippen LogP contribution in [0.1, 0.15) is 49.6 Å². The van der Waals surface area contributed by atoms with Crippen LogP contribution in [-0.2, 0) is 9.53 Å². The van der Waals surface area contributed by atoms with Crippen LogP contribution in [0.3, 0.4) is 0 Å². The number of carbonyl (C=O) groups excluding carboxylic acids is 2. The Morgan fingerprint density at radius 1 is 1.52 bits per heavy atom. The Hall–Kier alpha value is -1.30. The normalized spacial score (nSPS) is 17.1. The minimum atomic E-state index is -0.617. The van der Waals surface area contributed by atoms with Gasteiger partial charge in [0.25, 0.3) is 5.91 Å². The van der Waals surface area contributed by atoms with E-state index in [-0.39, 0.29) is 11.8 Å². The molecule has 1 aliphatic carbocycles. The molecule has 1 amide bonds. The number of amides is 1. The van der Waals surface area contributed by atoms with E-state index in [1.807, 2.05) is 24.6 Å². The Balaban J connectivity index is 2.17. The zero-order chi connectivity index (χ0) is 15.6. The fourth-order valence-corrected chi connectivity index (χ4v) is 2.73. The first-order valence-corrected chi connectivity index (χ1v) is 8.03. The molecule has 5 nitrogen and oxygen atoms in total. The van der Waals surface area contributed by atoms with E-state index in [2.05, 4.69) is 21.2 Å². The average Bonchev–Trinajstić information content (AvgIpc) is 3.25. The maximum absolute atomic E-state index is 12.5. The minimum Gasteiger partial charge on any atom is -0.467 e. The van der Waals surface area contributed by atoms with Crippen molar-refractivity contribution in [1.29, 1.82) is 0 Å². The van der Waals surface area contributed by atoms with E-state index in [1.165, 1.54) is 7.11 Å². The molecule has 2 atom stereocenters. The summed E-state index contributed by atoms with van der Waals surface area (Å²) in [7, 11) is 1.34. The molecule has 1 aliphatic rings. The lowest BCUT2D eigenvalue weighted by molar-refractivity contribution is -0.144. The number of nitrogens with one attached hydrogen (secondary N) is 1. The standard InChI is InChI=1S/C15H21BrN2O3/c1-4-9(2)13(15(20)21-3)17-14(19)12-7-10(16)8-18(12)11-5-6-11/h7-9,11,13H,4-6H2,1-3H3,(H,17,19). The molecule has 1 fully saturated rings. The largest absolute Gasteiger partial charge is 0.467 e. The van der Waals surface area contributed by atoms with Crippen molar-refractivity contribution in [3.05, 3.63) is 22.4 Å². The van der Waals surface area contributed by atoms with Gasteiger partial charge in [0.2, 0.25) is 0 Å². The maximum Gasteiger partial charge on any atom is 0.328 e. The van der Waals surface area contributed by atoms with Gasteiger partial charge in [0.1, 0.15) is 11.7 Å². The molecule has 21 heavy (non-hydrogen) atoms. The highest BCUT2D eigenvalue weighted by atomic mass is 79.9. The van der Waals surface area contributed by atoms with Gasteiger partial charge in [-0.2, -0.15) is 0 Å². The van der Waals surface area contributed by atoms with E-state index < -0.39 is 12.0 Å². The van der Waals surface area contributed by atoms with Crippen LogP contribution in [0.5, 0.6) is 0 Å². The number of hydrogen-bond donors (Lipinski definition) is 1. The monoisotopic (exact) mass is 356 g/mol. The van der Waals surface area contributed by atoms with E-state index in [1.54, 1.807) is 6.07 Å². The molecule has 0 aromatic carbocycles. The summed E-state index contributed by atoms with van der Waals surface area (Å²) in [6, 6.07) is 1.57. The third-order valence-electron chi connectivity index (χ3n) is 3.94. The van der Waals surface area contributed by atoms with Crippen molar-refractivity contribution in [3.8, 4) is 0 Å². The van der Waals surface area contributed by atoms with Crippen molar-refractivity contribution in [1.82, 2.24) is 9.88 Å². The van der Waals surface area contributed by atoms with Crippen LogP contribution >= 0.6 is 15.9 Å². The number of rotatable bonds is 6. The molecule has 2 unspecified atom stereocenters. The molecular formula is C15H21BrN2O3. The maximum atomic E-state index is 12.5. The van der Waals surface area contributed by atoms with Crippen molar-refractivity contribution in [2.24, 2.45) is 5.92 Å². The number of nitrogens with zero attached hydrogens (tertiary/aromatic N) is 1. The summed E-state index contributed by atoms with van der Waals surface area (Å²) in [5, 5.41) is 2.82. The summed E-state index contributed by atoms with van der Waals surface area (Å²) in [5.41, 5.74) is 0.585. The van der Waals surface area contributed by atoms with Gasteiger partial charge in [-0.25, -0.2) is 4.79 Å². The van der Waals surface area contributed by atoms with Crippen LogP contribution in [0.25, 0.3) is 0 Å². The van der Waals surface area contributed by atoms with Gasteiger partial charge in [0.15, 0.2) is 0 Å². The number of halogens is 1. The van der Waals surface area contributed by atoms with Gasteiger partial charge in [0, 0.05) is 16.7 Å². The molecule has 0 aliphatic heterocycles. The highest BCUT2D eigenvalue weighted by molar-refractivity contribution is 9.10. The predicted molar refractivity (Wildman–Crippen MR) is 83.1 cm³/mol. The summed E-state index contributed by atoms with van der Waals surface area (Å²) in [6.07, 6.45) is 4.89. The van der Waals surface area contributed by atoms with Gasteiger partial charge in [-0.05, 0) is 40.8 Å². The SMILES string of the molecule is CCC(C)C(NC(=O)c1cc(Br)cn1C1CC1)C(=O)OC. The molecule has 1 N–H and O–H groups in total. The lowest BCUT2D eigenvalue weighted by Crippen LogP contribution is -2.46. The van der Waals surface area contributed by atoms with Crippen molar-refractivity contribution in [3.63, 3.8) is 0 Å². The van der Waals surface area contributed by atoms with Crippen LogP contribution in [0.4, 0.5) is 0 Å². The zero-order valence-corrected chi connectivity index (χ0v) is 14.1. The van der Waals surface area contributed by atoms with E-state index in [0.717, 1.165) is 23.7 Å². The fraction of sp³-hybridized carbons (Fsp3) is 0.600. The molecule has 0 radical (unpaired) electrons. The van der Waals surface area contributed by atoms with E-state index in [0.29, 0.717) is 11.7 Å². The van der Waals surface area contributed by atoms with Gasteiger partial charge in [-0.15, -0.1) is 0 Å². The molecule has 1 aromatic heterocycles. The molecular weight excluding hydrogens is 336 g/mol. The van der Waals surface area contributed by atoms with E-state index >= 15 is 0 Å². The van der Waals surface area contributed by atoms with Gasteiger partial charge in [-0.3, -0.25) is 4.79 Å². The summed E-state index contributed by atoms with van der Waals surface area (Å²) >= 11 is 3.41. The van der Waals surface area contributed by atoms with Crippen molar-refractivity contribution >= 4 is 27.8 Å². The number of aromatic nitrogens is 1. The summed E-state index contributed by atoms with van der Waals surface area (Å²) in [5.74, 6) is -0.612. The van der Waals surface area contributed by atoms with Crippen molar-refractivity contribution < 1.29 is 14.3 Å². The molecule has 1 heterocycles. The van der Waals surface area contributed by atoms with Crippen molar-refractivity contribution in [2.75, 3.05) is 7.11 Å². The van der Waals surface area contributed by atoms with Crippen LogP contribution in [0.2, 0.25) is 0 Å². The van der Waals surface area contributed by atoms with Crippen molar-refractivity contribution in [2.45, 2.75) is 45.2 Å². The Bertz CT molecular complexity index is 537. The van der Waals surface area contributed by atoms with Crippen LogP contribution in [0.15, 0.2) is 16.7 Å². The topological polar surface area (TPSA) is 60.3 Å². The molecule has 6 heteroatoms. The second kappa shape index (κ2) is 6.64. The third kappa shape index (κ3) is 3.67. The summed E-state index contributed by atoms with van der Waals surface area (Å²) < 4.78 is 7.65. The smallest absolute Gasteiger partial charge is 0.328 e. The van der Waals surface area contributed by atoms with Gasteiger partial charge in [0.05, 0.1) is 7.11 Å². The Kier molecular flexibility index (Phi) is 5.08. The molecule has 0 bridgehead atoms. The second-order valence-corrected chi connectivity index (χ2v) is 6.46. The molecule has 116 valence electrons. The Labute approximate surface area is 133 Å². The summed E-state index contributed by atoms with van der Waals surface area (Å²) in [4.78, 5) is 24.4. The number of hydrogen-bond acceptors (Lipinski definition) is 3. The first-order valence-electron chi connectivity index (χ1n) is 7.24. The van der Waals surface area contributed by atoms with E-state index in [4.69, 9.17) is 4.74 Å². The molecule has 1 saturated carbocycles. The predicted octanol–water partition coefficient (Wildman–Crippen LogP) is 2.90. The van der Waals surface area contributed by atoms with E-state index in [9.17, 15) is 9.59 Å². The van der Waals surface area contributed by atoms with Crippen LogP contribution in [0, 0.1) is 5.92 Å². The highest BCUT2D eigenvalue weighted by Crippen LogP contribution is 2.37. The first kappa shape index (κ1) is 16.1. The number of esters is 1. The molecule has 2 rings (SSSR count). The van der Waals surface area contributed by atoms with Gasteiger partial charge < -0.3 is 14.6 Å². The number of methoxy groups -OCH3 is 1. The summed E-state index contributed by atoms with van der Waals surface area (Å²) in [6.45, 7) is 3.91.